The highest BCUT2D eigenvalue weighted by atomic mass is 19.2. The monoisotopic (exact) mass is 336 g/mol. The Morgan fingerprint density at radius 1 is 1.29 bits per heavy atom. The van der Waals surface area contributed by atoms with Gasteiger partial charge in [0.2, 0.25) is 0 Å². The van der Waals surface area contributed by atoms with Crippen molar-refractivity contribution in [2.75, 3.05) is 13.1 Å². The van der Waals surface area contributed by atoms with Crippen molar-refractivity contribution in [1.82, 2.24) is 19.7 Å². The molecule has 0 saturated carbocycles. The Bertz CT molecular complexity index is 719. The normalized spacial score (nSPS) is 19.8. The number of β-amino-alcohol motifs (C(OH)–C–C–N with tert-alkyl or cyclic N) is 1. The van der Waals surface area contributed by atoms with Crippen LogP contribution in [0.1, 0.15) is 36.2 Å². The second-order valence-electron chi connectivity index (χ2n) is 6.37. The molecule has 3 rings (SSSR count). The maximum atomic E-state index is 13.3. The molecule has 1 aromatic carbocycles. The van der Waals surface area contributed by atoms with E-state index in [0.717, 1.165) is 49.7 Å². The van der Waals surface area contributed by atoms with Crippen LogP contribution in [0.25, 0.3) is 0 Å². The van der Waals surface area contributed by atoms with Crippen LogP contribution in [0.5, 0.6) is 0 Å². The Morgan fingerprint density at radius 3 is 2.75 bits per heavy atom. The Balaban J connectivity index is 1.66. The summed E-state index contributed by atoms with van der Waals surface area (Å²) in [5.41, 5.74) is 0.396. The van der Waals surface area contributed by atoms with Crippen LogP contribution in [-0.4, -0.2) is 43.9 Å². The second kappa shape index (κ2) is 6.94. The lowest BCUT2D eigenvalue weighted by atomic mass is 10.1. The van der Waals surface area contributed by atoms with Crippen molar-refractivity contribution in [3.8, 4) is 0 Å². The predicted molar refractivity (Wildman–Crippen MR) is 85.4 cm³/mol. The summed E-state index contributed by atoms with van der Waals surface area (Å²) in [7, 11) is 0. The topological polar surface area (TPSA) is 54.2 Å². The van der Waals surface area contributed by atoms with Crippen LogP contribution in [0.4, 0.5) is 8.78 Å². The minimum Gasteiger partial charge on any atom is -0.387 e. The fourth-order valence-corrected chi connectivity index (χ4v) is 3.32. The summed E-state index contributed by atoms with van der Waals surface area (Å²) in [5, 5.41) is 14.8. The van der Waals surface area contributed by atoms with Crippen LogP contribution in [0, 0.1) is 25.5 Å². The third-order valence-electron chi connectivity index (χ3n) is 4.58. The highest BCUT2D eigenvalue weighted by molar-refractivity contribution is 5.20. The molecule has 24 heavy (non-hydrogen) atoms. The maximum Gasteiger partial charge on any atom is 0.159 e. The van der Waals surface area contributed by atoms with E-state index in [0.29, 0.717) is 12.1 Å². The molecule has 0 amide bonds. The highest BCUT2D eigenvalue weighted by Gasteiger charge is 2.28. The Morgan fingerprint density at radius 2 is 2.08 bits per heavy atom. The van der Waals surface area contributed by atoms with Crippen LogP contribution >= 0.6 is 0 Å². The molecule has 0 unspecified atom stereocenters. The molecule has 0 aliphatic carbocycles. The number of benzene rings is 1. The van der Waals surface area contributed by atoms with Gasteiger partial charge in [-0.15, -0.1) is 0 Å². The summed E-state index contributed by atoms with van der Waals surface area (Å²) in [6.07, 6.45) is 1.21. The first kappa shape index (κ1) is 17.0. The van der Waals surface area contributed by atoms with Crippen LogP contribution in [0.3, 0.4) is 0 Å². The standard InChI is InChI=1S/C17H22F2N4O/c1-11-20-12(2)23(21-11)9-14-4-3-7-22(14)10-17(24)13-5-6-15(18)16(19)8-13/h5-6,8,14,17,24H,3-4,7,9-10H2,1-2H3/t14-,17-/m1/s1. The van der Waals surface area contributed by atoms with Gasteiger partial charge in [-0.05, 0) is 50.9 Å². The van der Waals surface area contributed by atoms with Crippen molar-refractivity contribution in [1.29, 1.82) is 0 Å². The smallest absolute Gasteiger partial charge is 0.159 e. The van der Waals surface area contributed by atoms with E-state index in [1.807, 2.05) is 18.5 Å². The molecule has 0 bridgehead atoms. The molecule has 1 aliphatic heterocycles. The first-order valence-corrected chi connectivity index (χ1v) is 8.19. The summed E-state index contributed by atoms with van der Waals surface area (Å²) in [6.45, 7) is 5.77. The van der Waals surface area contributed by atoms with Crippen LogP contribution in [-0.2, 0) is 6.54 Å². The van der Waals surface area contributed by atoms with Gasteiger partial charge in [-0.2, -0.15) is 5.10 Å². The number of aliphatic hydroxyl groups excluding tert-OH is 1. The van der Waals surface area contributed by atoms with E-state index in [2.05, 4.69) is 15.0 Å². The highest BCUT2D eigenvalue weighted by Crippen LogP contribution is 2.24. The quantitative estimate of drug-likeness (QED) is 0.911. The zero-order valence-electron chi connectivity index (χ0n) is 13.9. The molecule has 5 nitrogen and oxygen atoms in total. The Labute approximate surface area is 139 Å². The number of aromatic nitrogens is 3. The number of hydrogen-bond acceptors (Lipinski definition) is 4. The van der Waals surface area contributed by atoms with E-state index in [1.54, 1.807) is 0 Å². The number of halogens is 2. The van der Waals surface area contributed by atoms with Crippen molar-refractivity contribution < 1.29 is 13.9 Å². The third kappa shape index (κ3) is 3.62. The van der Waals surface area contributed by atoms with Crippen molar-refractivity contribution in [2.45, 2.75) is 45.4 Å². The Kier molecular flexibility index (Phi) is 4.91. The molecule has 7 heteroatoms. The lowest BCUT2D eigenvalue weighted by Crippen LogP contribution is -2.36. The zero-order chi connectivity index (χ0) is 17.3. The zero-order valence-corrected chi connectivity index (χ0v) is 13.9. The molecule has 2 heterocycles. The lowest BCUT2D eigenvalue weighted by Gasteiger charge is -2.27. The van der Waals surface area contributed by atoms with E-state index in [9.17, 15) is 13.9 Å². The second-order valence-corrected chi connectivity index (χ2v) is 6.37. The number of nitrogens with zero attached hydrogens (tertiary/aromatic N) is 4. The molecule has 2 aromatic rings. The van der Waals surface area contributed by atoms with E-state index >= 15 is 0 Å². The van der Waals surface area contributed by atoms with Crippen molar-refractivity contribution in [3.05, 3.63) is 47.0 Å². The molecule has 1 aliphatic rings. The fourth-order valence-electron chi connectivity index (χ4n) is 3.32. The first-order valence-electron chi connectivity index (χ1n) is 8.19. The van der Waals surface area contributed by atoms with Gasteiger partial charge in [0.25, 0.3) is 0 Å². The van der Waals surface area contributed by atoms with Crippen LogP contribution in [0.15, 0.2) is 18.2 Å². The number of aryl methyl sites for hydroxylation is 2. The molecule has 1 saturated heterocycles. The van der Waals surface area contributed by atoms with Gasteiger partial charge in [-0.3, -0.25) is 4.90 Å². The lowest BCUT2D eigenvalue weighted by molar-refractivity contribution is 0.0998. The van der Waals surface area contributed by atoms with Gasteiger partial charge in [0.05, 0.1) is 12.6 Å². The predicted octanol–water partition coefficient (Wildman–Crippen LogP) is 2.37. The van der Waals surface area contributed by atoms with Crippen molar-refractivity contribution >= 4 is 0 Å². The van der Waals surface area contributed by atoms with Gasteiger partial charge in [-0.1, -0.05) is 6.07 Å². The van der Waals surface area contributed by atoms with Gasteiger partial charge in [0.15, 0.2) is 11.6 Å². The average Bonchev–Trinajstić information content (AvgIpc) is 3.09. The Hall–Kier alpha value is -1.86. The van der Waals surface area contributed by atoms with Crippen molar-refractivity contribution in [2.24, 2.45) is 0 Å². The number of likely N-dealkylation sites (tertiary alicyclic amines) is 1. The van der Waals surface area contributed by atoms with Gasteiger partial charge < -0.3 is 5.11 Å². The van der Waals surface area contributed by atoms with E-state index in [1.165, 1.54) is 6.07 Å². The number of hydrogen-bond donors (Lipinski definition) is 1. The third-order valence-corrected chi connectivity index (χ3v) is 4.58. The molecule has 1 N–H and O–H groups in total. The first-order chi connectivity index (χ1) is 11.4. The molecule has 0 spiro atoms. The molecule has 2 atom stereocenters. The maximum absolute atomic E-state index is 13.3. The summed E-state index contributed by atoms with van der Waals surface area (Å²) in [6, 6.07) is 3.80. The van der Waals surface area contributed by atoms with Gasteiger partial charge in [0.1, 0.15) is 11.6 Å². The molecule has 1 aromatic heterocycles. The van der Waals surface area contributed by atoms with Gasteiger partial charge in [-0.25, -0.2) is 18.4 Å². The van der Waals surface area contributed by atoms with Crippen molar-refractivity contribution in [3.63, 3.8) is 0 Å². The molecular weight excluding hydrogens is 314 g/mol. The molecule has 1 fully saturated rings. The van der Waals surface area contributed by atoms with E-state index in [-0.39, 0.29) is 6.04 Å². The minimum absolute atomic E-state index is 0.254. The summed E-state index contributed by atoms with van der Waals surface area (Å²) in [4.78, 5) is 6.49. The number of rotatable bonds is 5. The van der Waals surface area contributed by atoms with Gasteiger partial charge >= 0.3 is 0 Å². The summed E-state index contributed by atoms with van der Waals surface area (Å²) < 4.78 is 28.3. The molecule has 0 radical (unpaired) electrons. The molecular formula is C17H22F2N4O. The van der Waals surface area contributed by atoms with Crippen LogP contribution in [0.2, 0.25) is 0 Å². The minimum atomic E-state index is -0.932. The van der Waals surface area contributed by atoms with E-state index < -0.39 is 17.7 Å². The van der Waals surface area contributed by atoms with Crippen LogP contribution < -0.4 is 0 Å². The summed E-state index contributed by atoms with van der Waals surface area (Å²) >= 11 is 0. The SMILES string of the molecule is Cc1nc(C)n(C[C@H]2CCCN2C[C@@H](O)c2ccc(F)c(F)c2)n1. The number of aliphatic hydroxyl groups is 1. The largest absolute Gasteiger partial charge is 0.387 e. The average molecular weight is 336 g/mol. The van der Waals surface area contributed by atoms with Gasteiger partial charge in [0, 0.05) is 12.6 Å². The fraction of sp³-hybridized carbons (Fsp3) is 0.529. The van der Waals surface area contributed by atoms with E-state index in [4.69, 9.17) is 0 Å². The molecule has 130 valence electrons. The summed E-state index contributed by atoms with van der Waals surface area (Å²) in [5.74, 6) is -0.209.